The lowest BCUT2D eigenvalue weighted by molar-refractivity contribution is 0.0752. The molecule has 0 N–H and O–H groups in total. The van der Waals surface area contributed by atoms with Crippen LogP contribution in [0.2, 0.25) is 0 Å². The van der Waals surface area contributed by atoms with E-state index in [0.29, 0.717) is 13.1 Å². The van der Waals surface area contributed by atoms with E-state index in [-0.39, 0.29) is 11.7 Å². The second-order valence-electron chi connectivity index (χ2n) is 6.66. The van der Waals surface area contributed by atoms with Crippen LogP contribution in [0.4, 0.5) is 10.1 Å². The summed E-state index contributed by atoms with van der Waals surface area (Å²) in [6, 6.07) is 16.9. The Hall–Kier alpha value is -2.44. The molecule has 5 rings (SSSR count). The predicted octanol–water partition coefficient (Wildman–Crippen LogP) is 5.22. The van der Waals surface area contributed by atoms with Crippen LogP contribution in [0.1, 0.15) is 9.67 Å². The van der Waals surface area contributed by atoms with E-state index < -0.39 is 0 Å². The van der Waals surface area contributed by atoms with E-state index in [1.807, 2.05) is 17.0 Å². The summed E-state index contributed by atoms with van der Waals surface area (Å²) in [7, 11) is 0. The lowest BCUT2D eigenvalue weighted by atomic mass is 10.2. The molecule has 0 atom stereocenters. The van der Waals surface area contributed by atoms with Gasteiger partial charge in [-0.1, -0.05) is 18.2 Å². The minimum absolute atomic E-state index is 0.117. The standard InChI is InChI=1S/C21H17FN2OS2/c22-14-5-7-15(8-6-14)23-9-11-24(12-10-23)21(25)19-13-18-20(27-19)16-3-1-2-4-17(16)26-18/h1-8,13H,9-12H2. The molecule has 1 fully saturated rings. The number of hydrogen-bond donors (Lipinski definition) is 0. The van der Waals surface area contributed by atoms with Gasteiger partial charge in [0, 0.05) is 46.7 Å². The van der Waals surface area contributed by atoms with Crippen molar-refractivity contribution in [3.63, 3.8) is 0 Å². The first-order chi connectivity index (χ1) is 13.2. The van der Waals surface area contributed by atoms with E-state index in [0.717, 1.165) is 23.7 Å². The van der Waals surface area contributed by atoms with Gasteiger partial charge in [0.1, 0.15) is 5.82 Å². The summed E-state index contributed by atoms with van der Waals surface area (Å²) in [5.41, 5.74) is 1.01. The number of benzene rings is 2. The van der Waals surface area contributed by atoms with Gasteiger partial charge in [0.2, 0.25) is 0 Å². The molecule has 136 valence electrons. The van der Waals surface area contributed by atoms with Crippen molar-refractivity contribution in [2.45, 2.75) is 0 Å². The van der Waals surface area contributed by atoms with E-state index in [4.69, 9.17) is 0 Å². The zero-order chi connectivity index (χ0) is 18.4. The van der Waals surface area contributed by atoms with Gasteiger partial charge < -0.3 is 9.80 Å². The van der Waals surface area contributed by atoms with Crippen LogP contribution in [-0.4, -0.2) is 37.0 Å². The van der Waals surface area contributed by atoms with Crippen LogP contribution in [0.3, 0.4) is 0 Å². The molecular formula is C21H17FN2OS2. The molecule has 4 aromatic rings. The topological polar surface area (TPSA) is 23.6 Å². The van der Waals surface area contributed by atoms with E-state index in [1.54, 1.807) is 34.8 Å². The highest BCUT2D eigenvalue weighted by molar-refractivity contribution is 7.33. The molecule has 2 aromatic heterocycles. The molecule has 0 unspecified atom stereocenters. The van der Waals surface area contributed by atoms with Gasteiger partial charge in [-0.2, -0.15) is 0 Å². The molecule has 2 aromatic carbocycles. The molecule has 6 heteroatoms. The SMILES string of the molecule is O=C(c1cc2sc3ccccc3c2s1)N1CCN(c2ccc(F)cc2)CC1. The van der Waals surface area contributed by atoms with Gasteiger partial charge in [-0.05, 0) is 36.4 Å². The molecule has 1 aliphatic rings. The number of rotatable bonds is 2. The van der Waals surface area contributed by atoms with Gasteiger partial charge in [-0.15, -0.1) is 22.7 Å². The summed E-state index contributed by atoms with van der Waals surface area (Å²) in [5, 5.41) is 1.24. The maximum absolute atomic E-state index is 13.1. The van der Waals surface area contributed by atoms with Gasteiger partial charge in [-0.3, -0.25) is 4.79 Å². The van der Waals surface area contributed by atoms with Crippen LogP contribution in [-0.2, 0) is 0 Å². The van der Waals surface area contributed by atoms with Gasteiger partial charge in [0.15, 0.2) is 0 Å². The third-order valence-electron chi connectivity index (χ3n) is 5.02. The largest absolute Gasteiger partial charge is 0.368 e. The lowest BCUT2D eigenvalue weighted by Crippen LogP contribution is -2.48. The van der Waals surface area contributed by atoms with Crippen LogP contribution in [0, 0.1) is 5.82 Å². The summed E-state index contributed by atoms with van der Waals surface area (Å²) in [6.45, 7) is 2.89. The molecule has 0 radical (unpaired) electrons. The van der Waals surface area contributed by atoms with Crippen LogP contribution < -0.4 is 4.90 Å². The number of carbonyl (C=O) groups excluding carboxylic acids is 1. The smallest absolute Gasteiger partial charge is 0.264 e. The number of nitrogens with zero attached hydrogens (tertiary/aromatic N) is 2. The molecule has 1 saturated heterocycles. The van der Waals surface area contributed by atoms with Crippen molar-refractivity contribution in [1.29, 1.82) is 0 Å². The maximum atomic E-state index is 13.1. The molecule has 1 amide bonds. The zero-order valence-electron chi connectivity index (χ0n) is 14.5. The molecule has 0 bridgehead atoms. The van der Waals surface area contributed by atoms with Crippen molar-refractivity contribution in [2.24, 2.45) is 0 Å². The number of piperazine rings is 1. The Morgan fingerprint density at radius 3 is 2.41 bits per heavy atom. The molecule has 0 aliphatic carbocycles. The number of halogens is 1. The highest BCUT2D eigenvalue weighted by Gasteiger charge is 2.24. The highest BCUT2D eigenvalue weighted by atomic mass is 32.1. The molecular weight excluding hydrogens is 379 g/mol. The average Bonchev–Trinajstić information content (AvgIpc) is 3.26. The van der Waals surface area contributed by atoms with Gasteiger partial charge in [0.05, 0.1) is 9.58 Å². The normalized spacial score (nSPS) is 15.0. The van der Waals surface area contributed by atoms with Crippen molar-refractivity contribution >= 4 is 53.8 Å². The minimum atomic E-state index is -0.224. The fourth-order valence-electron chi connectivity index (χ4n) is 3.58. The predicted molar refractivity (Wildman–Crippen MR) is 112 cm³/mol. The van der Waals surface area contributed by atoms with Gasteiger partial charge in [-0.25, -0.2) is 4.39 Å². The van der Waals surface area contributed by atoms with Crippen molar-refractivity contribution < 1.29 is 9.18 Å². The first-order valence-electron chi connectivity index (χ1n) is 8.90. The van der Waals surface area contributed by atoms with Crippen LogP contribution in [0.25, 0.3) is 19.5 Å². The third-order valence-corrected chi connectivity index (χ3v) is 7.42. The Balaban J connectivity index is 1.33. The van der Waals surface area contributed by atoms with Crippen LogP contribution in [0.5, 0.6) is 0 Å². The van der Waals surface area contributed by atoms with E-state index in [9.17, 15) is 9.18 Å². The maximum Gasteiger partial charge on any atom is 0.264 e. The van der Waals surface area contributed by atoms with Crippen molar-refractivity contribution in [3.05, 3.63) is 65.3 Å². The minimum Gasteiger partial charge on any atom is -0.368 e. The Bertz CT molecular complexity index is 1120. The summed E-state index contributed by atoms with van der Waals surface area (Å²) < 4.78 is 16.8. The van der Waals surface area contributed by atoms with E-state index in [2.05, 4.69) is 23.1 Å². The number of fused-ring (bicyclic) bond motifs is 3. The van der Waals surface area contributed by atoms with Crippen LogP contribution >= 0.6 is 22.7 Å². The first kappa shape index (κ1) is 16.7. The summed E-state index contributed by atoms with van der Waals surface area (Å²) in [6.07, 6.45) is 0. The molecule has 27 heavy (non-hydrogen) atoms. The van der Waals surface area contributed by atoms with Crippen molar-refractivity contribution in [3.8, 4) is 0 Å². The molecule has 0 spiro atoms. The summed E-state index contributed by atoms with van der Waals surface area (Å²) >= 11 is 3.34. The Labute approximate surface area is 164 Å². The fraction of sp³-hybridized carbons (Fsp3) is 0.190. The van der Waals surface area contributed by atoms with E-state index >= 15 is 0 Å². The van der Waals surface area contributed by atoms with E-state index in [1.165, 1.54) is 31.6 Å². The second kappa shape index (κ2) is 6.62. The number of carbonyl (C=O) groups is 1. The molecule has 0 saturated carbocycles. The average molecular weight is 397 g/mol. The number of amides is 1. The lowest BCUT2D eigenvalue weighted by Gasteiger charge is -2.36. The monoisotopic (exact) mass is 396 g/mol. The quantitative estimate of drug-likeness (QED) is 0.464. The first-order valence-corrected chi connectivity index (χ1v) is 10.5. The zero-order valence-corrected chi connectivity index (χ0v) is 16.2. The summed E-state index contributed by atoms with van der Waals surface area (Å²) in [5.74, 6) is -0.107. The highest BCUT2D eigenvalue weighted by Crippen LogP contribution is 2.39. The number of hydrogen-bond acceptors (Lipinski definition) is 4. The molecule has 3 nitrogen and oxygen atoms in total. The molecule has 1 aliphatic heterocycles. The number of thiophene rings is 2. The Morgan fingerprint density at radius 2 is 1.63 bits per heavy atom. The van der Waals surface area contributed by atoms with Crippen LogP contribution in [0.15, 0.2) is 54.6 Å². The molecule has 3 heterocycles. The number of anilines is 1. The summed E-state index contributed by atoms with van der Waals surface area (Å²) in [4.78, 5) is 17.9. The second-order valence-corrected chi connectivity index (χ2v) is 8.79. The fourth-order valence-corrected chi connectivity index (χ4v) is 6.07. The Morgan fingerprint density at radius 1 is 0.889 bits per heavy atom. The van der Waals surface area contributed by atoms with Crippen molar-refractivity contribution in [2.75, 3.05) is 31.1 Å². The third kappa shape index (κ3) is 2.99. The van der Waals surface area contributed by atoms with Gasteiger partial charge >= 0.3 is 0 Å². The Kier molecular flexibility index (Phi) is 4.10. The van der Waals surface area contributed by atoms with Gasteiger partial charge in [0.25, 0.3) is 5.91 Å². The van der Waals surface area contributed by atoms with Crippen molar-refractivity contribution in [1.82, 2.24) is 4.90 Å².